The summed E-state index contributed by atoms with van der Waals surface area (Å²) in [5.41, 5.74) is 0. The Balaban J connectivity index is 3.69. The zero-order valence-corrected chi connectivity index (χ0v) is 13.9. The highest BCUT2D eigenvalue weighted by Gasteiger charge is 2.11. The number of hydrogen-bond donors (Lipinski definition) is 0. The van der Waals surface area contributed by atoms with Crippen molar-refractivity contribution in [2.75, 3.05) is 39.6 Å². The summed E-state index contributed by atoms with van der Waals surface area (Å²) in [5, 5.41) is 0. The van der Waals surface area contributed by atoms with Crippen LogP contribution in [0.4, 0.5) is 0 Å². The lowest BCUT2D eigenvalue weighted by Gasteiger charge is -2.19. The molecule has 0 aromatic heterocycles. The van der Waals surface area contributed by atoms with Gasteiger partial charge in [-0.2, -0.15) is 0 Å². The topological polar surface area (TPSA) is 36.9 Å². The summed E-state index contributed by atoms with van der Waals surface area (Å²) < 4.78 is 22.0. The molecule has 0 aromatic rings. The molecule has 0 unspecified atom stereocenters. The summed E-state index contributed by atoms with van der Waals surface area (Å²) >= 11 is 0. The highest BCUT2D eigenvalue weighted by molar-refractivity contribution is 6.36. The molecule has 0 bridgehead atoms. The average Bonchev–Trinajstić information content (AvgIpc) is 2.35. The van der Waals surface area contributed by atoms with Crippen molar-refractivity contribution in [3.63, 3.8) is 0 Å². The molecule has 110 valence electrons. The minimum Gasteiger partial charge on any atom is -0.379 e. The molecule has 18 heavy (non-hydrogen) atoms. The number of rotatable bonds is 13. The van der Waals surface area contributed by atoms with Crippen LogP contribution in [0, 0.1) is 5.92 Å². The standard InChI is InChI=1S/C13H30O4Si/c1-5-14-7-9-16-13(18-11-12(3)4)17-10-8-15-6-2/h12-13H,5-11,18H2,1-4H3. The summed E-state index contributed by atoms with van der Waals surface area (Å²) in [7, 11) is -0.346. The summed E-state index contributed by atoms with van der Waals surface area (Å²) in [6.45, 7) is 12.5. The van der Waals surface area contributed by atoms with Crippen LogP contribution in [0.15, 0.2) is 0 Å². The second-order valence-electron chi connectivity index (χ2n) is 4.54. The molecule has 0 N–H and O–H groups in total. The van der Waals surface area contributed by atoms with Crippen molar-refractivity contribution >= 4 is 9.52 Å². The summed E-state index contributed by atoms with van der Waals surface area (Å²) in [5.74, 6) is 0.735. The van der Waals surface area contributed by atoms with Gasteiger partial charge in [0.25, 0.3) is 0 Å². The van der Waals surface area contributed by atoms with Crippen molar-refractivity contribution in [3.05, 3.63) is 0 Å². The maximum Gasteiger partial charge on any atom is 0.135 e. The predicted octanol–water partition coefficient (Wildman–Crippen LogP) is 1.62. The molecule has 0 radical (unpaired) electrons. The Morgan fingerprint density at radius 1 is 0.833 bits per heavy atom. The van der Waals surface area contributed by atoms with Crippen LogP contribution in [-0.2, 0) is 18.9 Å². The van der Waals surface area contributed by atoms with E-state index in [1.807, 2.05) is 13.8 Å². The molecule has 0 aliphatic rings. The van der Waals surface area contributed by atoms with Crippen LogP contribution in [0.25, 0.3) is 0 Å². The zero-order valence-electron chi connectivity index (χ0n) is 12.4. The Labute approximate surface area is 114 Å². The van der Waals surface area contributed by atoms with Gasteiger partial charge < -0.3 is 18.9 Å². The van der Waals surface area contributed by atoms with E-state index in [0.717, 1.165) is 19.1 Å². The second kappa shape index (κ2) is 13.5. The van der Waals surface area contributed by atoms with E-state index in [1.54, 1.807) is 0 Å². The lowest BCUT2D eigenvalue weighted by molar-refractivity contribution is -0.112. The fourth-order valence-corrected chi connectivity index (χ4v) is 3.06. The van der Waals surface area contributed by atoms with Gasteiger partial charge in [-0.05, 0) is 19.8 Å². The first-order chi connectivity index (χ1) is 8.70. The van der Waals surface area contributed by atoms with Gasteiger partial charge in [0.1, 0.15) is 5.91 Å². The van der Waals surface area contributed by atoms with Crippen LogP contribution < -0.4 is 0 Å². The van der Waals surface area contributed by atoms with E-state index in [0.29, 0.717) is 26.4 Å². The first kappa shape index (κ1) is 18.1. The predicted molar refractivity (Wildman–Crippen MR) is 76.9 cm³/mol. The van der Waals surface area contributed by atoms with E-state index in [9.17, 15) is 0 Å². The van der Waals surface area contributed by atoms with Crippen LogP contribution in [0.1, 0.15) is 27.7 Å². The molecule has 0 amide bonds. The monoisotopic (exact) mass is 278 g/mol. The zero-order chi connectivity index (χ0) is 13.6. The van der Waals surface area contributed by atoms with E-state index < -0.39 is 0 Å². The molecule has 0 saturated carbocycles. The molecule has 0 aromatic carbocycles. The SMILES string of the molecule is CCOCCOC(OCCOCC)[SiH2]CC(C)C. The van der Waals surface area contributed by atoms with E-state index in [4.69, 9.17) is 18.9 Å². The normalized spacial score (nSPS) is 12.3. The van der Waals surface area contributed by atoms with E-state index in [2.05, 4.69) is 13.8 Å². The molecule has 0 heterocycles. The Kier molecular flexibility index (Phi) is 13.5. The van der Waals surface area contributed by atoms with Gasteiger partial charge in [0, 0.05) is 13.2 Å². The Morgan fingerprint density at radius 2 is 1.33 bits per heavy atom. The van der Waals surface area contributed by atoms with Crippen molar-refractivity contribution in [2.24, 2.45) is 5.92 Å². The van der Waals surface area contributed by atoms with Crippen LogP contribution in [0.5, 0.6) is 0 Å². The quantitative estimate of drug-likeness (QED) is 0.291. The van der Waals surface area contributed by atoms with Gasteiger partial charge in [-0.15, -0.1) is 0 Å². The molecular formula is C13H30O4Si. The lowest BCUT2D eigenvalue weighted by Crippen LogP contribution is -2.28. The fourth-order valence-electron chi connectivity index (χ4n) is 1.45. The van der Waals surface area contributed by atoms with Crippen LogP contribution in [-0.4, -0.2) is 55.1 Å². The summed E-state index contributed by atoms with van der Waals surface area (Å²) in [6.07, 6.45) is 0. The largest absolute Gasteiger partial charge is 0.379 e. The highest BCUT2D eigenvalue weighted by atomic mass is 28.2. The maximum absolute atomic E-state index is 5.73. The van der Waals surface area contributed by atoms with Gasteiger partial charge in [-0.1, -0.05) is 19.9 Å². The van der Waals surface area contributed by atoms with E-state index in [1.165, 1.54) is 6.04 Å². The molecule has 0 rings (SSSR count). The molecule has 0 fully saturated rings. The third kappa shape index (κ3) is 12.5. The summed E-state index contributed by atoms with van der Waals surface area (Å²) in [6, 6.07) is 1.24. The fraction of sp³-hybridized carbons (Fsp3) is 1.00. The molecule has 5 heteroatoms. The Hall–Kier alpha value is 0.0569. The molecule has 0 aliphatic carbocycles. The smallest absolute Gasteiger partial charge is 0.135 e. The third-order valence-corrected chi connectivity index (χ3v) is 4.88. The minimum absolute atomic E-state index is 0.00770. The first-order valence-electron chi connectivity index (χ1n) is 7.09. The van der Waals surface area contributed by atoms with Crippen molar-refractivity contribution < 1.29 is 18.9 Å². The molecule has 4 nitrogen and oxygen atoms in total. The van der Waals surface area contributed by atoms with Gasteiger partial charge >= 0.3 is 0 Å². The van der Waals surface area contributed by atoms with Crippen LogP contribution >= 0.6 is 0 Å². The van der Waals surface area contributed by atoms with Gasteiger partial charge in [0.15, 0.2) is 0 Å². The van der Waals surface area contributed by atoms with Gasteiger partial charge in [0.2, 0.25) is 0 Å². The maximum atomic E-state index is 5.73. The Morgan fingerprint density at radius 3 is 1.72 bits per heavy atom. The van der Waals surface area contributed by atoms with Gasteiger partial charge in [0.05, 0.1) is 35.9 Å². The minimum atomic E-state index is -0.346. The van der Waals surface area contributed by atoms with Crippen molar-refractivity contribution in [1.29, 1.82) is 0 Å². The summed E-state index contributed by atoms with van der Waals surface area (Å²) in [4.78, 5) is 0. The molecule has 0 saturated heterocycles. The first-order valence-corrected chi connectivity index (χ1v) is 8.91. The van der Waals surface area contributed by atoms with E-state index in [-0.39, 0.29) is 15.4 Å². The van der Waals surface area contributed by atoms with E-state index >= 15 is 0 Å². The van der Waals surface area contributed by atoms with Gasteiger partial charge in [-0.3, -0.25) is 0 Å². The third-order valence-electron chi connectivity index (χ3n) is 2.45. The number of hydrogen-bond acceptors (Lipinski definition) is 4. The second-order valence-corrected chi connectivity index (χ2v) is 6.36. The average molecular weight is 278 g/mol. The highest BCUT2D eigenvalue weighted by Crippen LogP contribution is 2.04. The lowest BCUT2D eigenvalue weighted by atomic mass is 10.3. The number of ether oxygens (including phenoxy) is 4. The molecular weight excluding hydrogens is 248 g/mol. The van der Waals surface area contributed by atoms with Crippen molar-refractivity contribution in [3.8, 4) is 0 Å². The van der Waals surface area contributed by atoms with Crippen molar-refractivity contribution in [1.82, 2.24) is 0 Å². The van der Waals surface area contributed by atoms with Gasteiger partial charge in [-0.25, -0.2) is 0 Å². The molecule has 0 atom stereocenters. The molecule has 0 aliphatic heterocycles. The molecule has 0 spiro atoms. The van der Waals surface area contributed by atoms with Crippen molar-refractivity contribution in [2.45, 2.75) is 39.7 Å². The van der Waals surface area contributed by atoms with Crippen LogP contribution in [0.2, 0.25) is 6.04 Å². The van der Waals surface area contributed by atoms with Crippen LogP contribution in [0.3, 0.4) is 0 Å². The Bertz CT molecular complexity index is 155.